The van der Waals surface area contributed by atoms with E-state index in [1.807, 2.05) is 83.8 Å². The van der Waals surface area contributed by atoms with E-state index in [0.29, 0.717) is 11.4 Å². The fourth-order valence-electron chi connectivity index (χ4n) is 3.12. The summed E-state index contributed by atoms with van der Waals surface area (Å²) >= 11 is 0. The lowest BCUT2D eigenvalue weighted by molar-refractivity contribution is -0.114. The molecule has 0 unspecified atom stereocenters. The standard InChI is InChI=1S/C22H21N5O/c1-15(28)25-17-12-18(14-19(13-17)27-9-2-3-10-27)26-22-7-6-16(11-20(22)23)21-5-4-8-24-21/h2-14,24,26H,23H2,1H3,(H,25,28). The molecule has 140 valence electrons. The largest absolute Gasteiger partial charge is 0.397 e. The molecule has 28 heavy (non-hydrogen) atoms. The Hall–Kier alpha value is -3.93. The number of rotatable bonds is 5. The third-order valence-corrected chi connectivity index (χ3v) is 4.38. The highest BCUT2D eigenvalue weighted by atomic mass is 16.1. The van der Waals surface area contributed by atoms with Gasteiger partial charge in [-0.2, -0.15) is 0 Å². The lowest BCUT2D eigenvalue weighted by atomic mass is 10.1. The number of hydrogen-bond donors (Lipinski definition) is 4. The molecule has 2 heterocycles. The van der Waals surface area contributed by atoms with Gasteiger partial charge < -0.3 is 25.9 Å². The van der Waals surface area contributed by atoms with Crippen LogP contribution in [0, 0.1) is 0 Å². The second-order valence-electron chi connectivity index (χ2n) is 6.55. The van der Waals surface area contributed by atoms with Gasteiger partial charge in [0.25, 0.3) is 0 Å². The van der Waals surface area contributed by atoms with Crippen molar-refractivity contribution in [1.29, 1.82) is 0 Å². The monoisotopic (exact) mass is 371 g/mol. The number of aromatic nitrogens is 2. The zero-order chi connectivity index (χ0) is 19.5. The number of nitrogens with zero attached hydrogens (tertiary/aromatic N) is 1. The molecule has 6 nitrogen and oxygen atoms in total. The molecular weight excluding hydrogens is 350 g/mol. The minimum Gasteiger partial charge on any atom is -0.397 e. The van der Waals surface area contributed by atoms with Gasteiger partial charge in [0.1, 0.15) is 0 Å². The van der Waals surface area contributed by atoms with E-state index in [4.69, 9.17) is 5.73 Å². The molecule has 4 aromatic rings. The highest BCUT2D eigenvalue weighted by Crippen LogP contribution is 2.30. The number of nitrogen functional groups attached to an aromatic ring is 1. The summed E-state index contributed by atoms with van der Waals surface area (Å²) in [7, 11) is 0. The highest BCUT2D eigenvalue weighted by Gasteiger charge is 2.08. The Balaban J connectivity index is 1.67. The van der Waals surface area contributed by atoms with Crippen molar-refractivity contribution in [1.82, 2.24) is 9.55 Å². The van der Waals surface area contributed by atoms with E-state index in [1.54, 1.807) is 0 Å². The number of carbonyl (C=O) groups excluding carboxylic acids is 1. The number of aromatic amines is 1. The van der Waals surface area contributed by atoms with Crippen molar-refractivity contribution in [2.24, 2.45) is 0 Å². The Morgan fingerprint density at radius 1 is 1.00 bits per heavy atom. The van der Waals surface area contributed by atoms with Gasteiger partial charge in [-0.25, -0.2) is 0 Å². The van der Waals surface area contributed by atoms with Gasteiger partial charge in [-0.3, -0.25) is 4.79 Å². The first-order valence-electron chi connectivity index (χ1n) is 8.95. The first kappa shape index (κ1) is 17.5. The van der Waals surface area contributed by atoms with Crippen LogP contribution < -0.4 is 16.4 Å². The number of benzene rings is 2. The topological polar surface area (TPSA) is 87.9 Å². The van der Waals surface area contributed by atoms with E-state index in [9.17, 15) is 4.79 Å². The molecule has 2 aromatic heterocycles. The summed E-state index contributed by atoms with van der Waals surface area (Å²) in [5, 5.41) is 6.21. The predicted molar refractivity (Wildman–Crippen MR) is 114 cm³/mol. The van der Waals surface area contributed by atoms with Gasteiger partial charge in [0.15, 0.2) is 0 Å². The average Bonchev–Trinajstić information content (AvgIpc) is 3.37. The molecule has 4 rings (SSSR count). The minimum absolute atomic E-state index is 0.120. The van der Waals surface area contributed by atoms with E-state index < -0.39 is 0 Å². The summed E-state index contributed by atoms with van der Waals surface area (Å²) < 4.78 is 1.98. The minimum atomic E-state index is -0.120. The molecule has 0 saturated heterocycles. The fourth-order valence-corrected chi connectivity index (χ4v) is 3.12. The maximum absolute atomic E-state index is 11.5. The van der Waals surface area contributed by atoms with E-state index in [2.05, 4.69) is 15.6 Å². The summed E-state index contributed by atoms with van der Waals surface area (Å²) in [5.41, 5.74) is 12.2. The second kappa shape index (κ2) is 7.36. The summed E-state index contributed by atoms with van der Waals surface area (Å²) in [6.07, 6.45) is 5.79. The van der Waals surface area contributed by atoms with Crippen molar-refractivity contribution >= 4 is 28.7 Å². The van der Waals surface area contributed by atoms with Crippen molar-refractivity contribution in [2.75, 3.05) is 16.4 Å². The van der Waals surface area contributed by atoms with Gasteiger partial charge in [0, 0.05) is 53.8 Å². The Labute approximate surface area is 163 Å². The van der Waals surface area contributed by atoms with E-state index in [0.717, 1.165) is 28.3 Å². The summed E-state index contributed by atoms with van der Waals surface area (Å²) in [5.74, 6) is -0.120. The second-order valence-corrected chi connectivity index (χ2v) is 6.55. The van der Waals surface area contributed by atoms with Crippen LogP contribution in [0.3, 0.4) is 0 Å². The maximum Gasteiger partial charge on any atom is 0.221 e. The van der Waals surface area contributed by atoms with Crippen LogP contribution in [0.4, 0.5) is 22.7 Å². The molecule has 0 aliphatic carbocycles. The summed E-state index contributed by atoms with van der Waals surface area (Å²) in [6.45, 7) is 1.49. The number of nitrogens with one attached hydrogen (secondary N) is 3. The van der Waals surface area contributed by atoms with Gasteiger partial charge >= 0.3 is 0 Å². The van der Waals surface area contributed by atoms with Crippen LogP contribution in [0.2, 0.25) is 0 Å². The van der Waals surface area contributed by atoms with Crippen LogP contribution in [-0.4, -0.2) is 15.5 Å². The van der Waals surface area contributed by atoms with Crippen molar-refractivity contribution < 1.29 is 4.79 Å². The normalized spacial score (nSPS) is 10.6. The van der Waals surface area contributed by atoms with E-state index in [-0.39, 0.29) is 5.91 Å². The molecule has 5 N–H and O–H groups in total. The molecule has 0 bridgehead atoms. The number of anilines is 4. The molecule has 0 aliphatic heterocycles. The SMILES string of the molecule is CC(=O)Nc1cc(Nc2ccc(-c3ccc[nH]3)cc2N)cc(-n2cccc2)c1. The maximum atomic E-state index is 11.5. The number of nitrogens with two attached hydrogens (primary N) is 1. The summed E-state index contributed by atoms with van der Waals surface area (Å²) in [6, 6.07) is 19.6. The first-order valence-corrected chi connectivity index (χ1v) is 8.95. The molecule has 1 amide bonds. The van der Waals surface area contributed by atoms with Crippen molar-refractivity contribution in [2.45, 2.75) is 6.92 Å². The molecule has 0 aliphatic rings. The number of H-pyrrole nitrogens is 1. The molecule has 6 heteroatoms. The number of hydrogen-bond acceptors (Lipinski definition) is 3. The van der Waals surface area contributed by atoms with E-state index >= 15 is 0 Å². The zero-order valence-electron chi connectivity index (χ0n) is 15.4. The molecule has 2 aromatic carbocycles. The van der Waals surface area contributed by atoms with Gasteiger partial charge in [-0.05, 0) is 54.6 Å². The van der Waals surface area contributed by atoms with Crippen LogP contribution in [0.25, 0.3) is 16.9 Å². The quantitative estimate of drug-likeness (QED) is 0.382. The fraction of sp³-hybridized carbons (Fsp3) is 0.0455. The van der Waals surface area contributed by atoms with Crippen LogP contribution in [0.5, 0.6) is 0 Å². The first-order chi connectivity index (χ1) is 13.6. The average molecular weight is 371 g/mol. The lowest BCUT2D eigenvalue weighted by Crippen LogP contribution is -2.07. The van der Waals surface area contributed by atoms with Crippen LogP contribution in [0.1, 0.15) is 6.92 Å². The van der Waals surface area contributed by atoms with Crippen molar-refractivity contribution in [3.63, 3.8) is 0 Å². The number of amides is 1. The molecule has 0 saturated carbocycles. The van der Waals surface area contributed by atoms with Crippen LogP contribution in [-0.2, 0) is 4.79 Å². The van der Waals surface area contributed by atoms with Gasteiger partial charge in [0.2, 0.25) is 5.91 Å². The lowest BCUT2D eigenvalue weighted by Gasteiger charge is -2.15. The molecule has 0 atom stereocenters. The zero-order valence-corrected chi connectivity index (χ0v) is 15.4. The van der Waals surface area contributed by atoms with Gasteiger partial charge in [-0.1, -0.05) is 6.07 Å². The Kier molecular flexibility index (Phi) is 4.60. The van der Waals surface area contributed by atoms with Gasteiger partial charge in [0.05, 0.1) is 11.4 Å². The van der Waals surface area contributed by atoms with Crippen LogP contribution in [0.15, 0.2) is 79.3 Å². The van der Waals surface area contributed by atoms with Crippen molar-refractivity contribution in [3.8, 4) is 16.9 Å². The molecule has 0 fully saturated rings. The van der Waals surface area contributed by atoms with E-state index in [1.165, 1.54) is 6.92 Å². The van der Waals surface area contributed by atoms with Gasteiger partial charge in [-0.15, -0.1) is 0 Å². The van der Waals surface area contributed by atoms with Crippen molar-refractivity contribution in [3.05, 3.63) is 79.3 Å². The molecule has 0 radical (unpaired) electrons. The highest BCUT2D eigenvalue weighted by molar-refractivity contribution is 5.90. The predicted octanol–water partition coefficient (Wildman–Crippen LogP) is 4.76. The third-order valence-electron chi connectivity index (χ3n) is 4.38. The Morgan fingerprint density at radius 3 is 2.46 bits per heavy atom. The molecule has 0 spiro atoms. The third kappa shape index (κ3) is 3.76. The Morgan fingerprint density at radius 2 is 1.79 bits per heavy atom. The molecular formula is C22H21N5O. The Bertz CT molecular complexity index is 1100. The van der Waals surface area contributed by atoms with Crippen LogP contribution >= 0.6 is 0 Å². The number of carbonyl (C=O) groups is 1. The summed E-state index contributed by atoms with van der Waals surface area (Å²) in [4.78, 5) is 14.7. The smallest absolute Gasteiger partial charge is 0.221 e.